The molecule has 61 heavy (non-hydrogen) atoms. The Morgan fingerprint density at radius 3 is 0.803 bits per heavy atom. The second-order valence-corrected chi connectivity index (χ2v) is 20.5. The average molecular weight is 1130 g/mol. The summed E-state index contributed by atoms with van der Waals surface area (Å²) in [5.74, 6) is 0. The zero-order valence-electron chi connectivity index (χ0n) is 31.6. The predicted molar refractivity (Wildman–Crippen MR) is 265 cm³/mol. The number of rotatable bonds is 2. The third-order valence-electron chi connectivity index (χ3n) is 10.7. The molecule has 0 aliphatic heterocycles. The molecule has 12 rings (SSSR count). The number of hydrogen-bond donors (Lipinski definition) is 0. The van der Waals surface area contributed by atoms with E-state index in [1.807, 2.05) is 25.7 Å². The van der Waals surface area contributed by atoms with Gasteiger partial charge in [0.15, 0.2) is 22.3 Å². The van der Waals surface area contributed by atoms with Crippen molar-refractivity contribution < 1.29 is 33.9 Å². The first-order valence-corrected chi connectivity index (χ1v) is 24.6. The first-order chi connectivity index (χ1) is 29.4. The molecule has 2 aromatic heterocycles. The quantitative estimate of drug-likeness (QED) is 0.162. The van der Waals surface area contributed by atoms with Crippen molar-refractivity contribution in [3.05, 3.63) is 202 Å². The Kier molecular flexibility index (Phi) is 12.1. The Labute approximate surface area is 398 Å². The second-order valence-electron chi connectivity index (χ2n) is 14.3. The van der Waals surface area contributed by atoms with Crippen molar-refractivity contribution in [2.45, 2.75) is 0 Å². The van der Waals surface area contributed by atoms with Crippen LogP contribution in [0.1, 0.15) is 0 Å². The fraction of sp³-hybridized carbons (Fsp3) is 0. The standard InChI is InChI=1S/2C25H14Br2O2P.Fe/c2*26-20-13-15-7-1-5-11-18(15)22-23-19-12-6-2-8-16(19)14-21(27)25(23)29-30(28-24(20)22)17-9-3-4-10-17;/h2*1-14H;/q;;+2. The fourth-order valence-electron chi connectivity index (χ4n) is 8.08. The van der Waals surface area contributed by atoms with Gasteiger partial charge in [-0.2, -0.15) is 0 Å². The largest absolute Gasteiger partial charge is 2.00 e. The van der Waals surface area contributed by atoms with Crippen LogP contribution in [-0.2, 0) is 17.1 Å². The first kappa shape index (κ1) is 42.0. The van der Waals surface area contributed by atoms with Gasteiger partial charge in [-0.1, -0.05) is 97.1 Å². The Bertz CT molecular complexity index is 2990. The maximum absolute atomic E-state index is 6.60. The smallest absolute Gasteiger partial charge is 0.417 e. The summed E-state index contributed by atoms with van der Waals surface area (Å²) in [4.78, 5) is 0. The van der Waals surface area contributed by atoms with Gasteiger partial charge in [0.1, 0.15) is 0 Å². The van der Waals surface area contributed by atoms with E-state index in [0.29, 0.717) is 0 Å². The van der Waals surface area contributed by atoms with Crippen molar-refractivity contribution in [1.29, 1.82) is 0 Å². The summed E-state index contributed by atoms with van der Waals surface area (Å²) in [6, 6.07) is 42.2. The minimum Gasteiger partial charge on any atom is -0.417 e. The third-order valence-corrected chi connectivity index (χ3v) is 15.9. The van der Waals surface area contributed by atoms with Crippen LogP contribution >= 0.6 is 79.7 Å². The molecule has 296 valence electrons. The molecule has 0 atom stereocenters. The summed E-state index contributed by atoms with van der Waals surface area (Å²) in [6.45, 7) is 0. The molecular formula is C50H28Br4FeO4P2+2. The molecule has 11 heteroatoms. The van der Waals surface area contributed by atoms with Crippen molar-refractivity contribution >= 4 is 167 Å². The van der Waals surface area contributed by atoms with Crippen molar-refractivity contribution in [2.75, 3.05) is 0 Å². The van der Waals surface area contributed by atoms with E-state index < -0.39 is 16.0 Å². The SMILES string of the molecule is Brc1cc2ccccc2c2c1op([C]1[CH][CH][CH][CH]1)oc1c(Br)cc3ccccc3c12.Brc1cc2ccccc2c2c1op([C]1[CH][CH][CH][CH]1)oc1c(Br)cc3ccccc3c12.[Fe+2]. The van der Waals surface area contributed by atoms with Crippen LogP contribution in [0.5, 0.6) is 0 Å². The third kappa shape index (κ3) is 7.57. The Morgan fingerprint density at radius 2 is 0.557 bits per heavy atom. The zero-order chi connectivity index (χ0) is 40.5. The molecule has 8 aromatic carbocycles. The molecule has 0 bridgehead atoms. The normalized spacial score (nSPS) is 14.8. The van der Waals surface area contributed by atoms with Crippen molar-refractivity contribution in [3.8, 4) is 0 Å². The maximum atomic E-state index is 6.60. The number of benzene rings is 8. The molecule has 0 N–H and O–H groups in total. The molecule has 2 fully saturated rings. The van der Waals surface area contributed by atoms with Crippen LogP contribution in [0, 0.1) is 62.7 Å². The number of halogens is 4. The van der Waals surface area contributed by atoms with Crippen LogP contribution in [-0.4, -0.2) is 0 Å². The van der Waals surface area contributed by atoms with E-state index in [-0.39, 0.29) is 17.1 Å². The van der Waals surface area contributed by atoms with E-state index in [2.05, 4.69) is 211 Å². The summed E-state index contributed by atoms with van der Waals surface area (Å²) >= 11 is 15.1. The molecule has 2 aliphatic carbocycles. The van der Waals surface area contributed by atoms with E-state index in [1.54, 1.807) is 0 Å². The minimum absolute atomic E-state index is 0. The fourth-order valence-corrected chi connectivity index (χ4v) is 13.4. The Hall–Kier alpha value is -2.96. The monoisotopic (exact) mass is 1130 g/mol. The first-order valence-electron chi connectivity index (χ1n) is 19.0. The molecule has 0 spiro atoms. The van der Waals surface area contributed by atoms with Crippen LogP contribution in [0.25, 0.3) is 87.0 Å². The molecule has 4 nitrogen and oxygen atoms in total. The molecule has 0 unspecified atom stereocenters. The van der Waals surface area contributed by atoms with E-state index in [0.717, 1.165) is 116 Å². The summed E-state index contributed by atoms with van der Waals surface area (Å²) in [6.07, 6.45) is 16.3. The van der Waals surface area contributed by atoms with Gasteiger partial charge in [-0.05, 0) is 182 Å². The van der Waals surface area contributed by atoms with Crippen molar-refractivity contribution in [3.63, 3.8) is 0 Å². The number of fused-ring (bicyclic) bond motifs is 14. The van der Waals surface area contributed by atoms with Gasteiger partial charge in [-0.15, -0.1) is 0 Å². The topological polar surface area (TPSA) is 52.6 Å². The van der Waals surface area contributed by atoms with Crippen molar-refractivity contribution in [1.82, 2.24) is 0 Å². The van der Waals surface area contributed by atoms with Crippen molar-refractivity contribution in [2.24, 2.45) is 0 Å². The van der Waals surface area contributed by atoms with Gasteiger partial charge in [-0.25, -0.2) is 0 Å². The molecule has 10 aromatic rings. The summed E-state index contributed by atoms with van der Waals surface area (Å²) in [7, 11) is -2.67. The molecule has 0 saturated heterocycles. The van der Waals surface area contributed by atoms with E-state index in [9.17, 15) is 0 Å². The van der Waals surface area contributed by atoms with E-state index in [4.69, 9.17) is 16.8 Å². The molecule has 2 heterocycles. The zero-order valence-corrected chi connectivity index (χ0v) is 40.8. The predicted octanol–water partition coefficient (Wildman–Crippen LogP) is 18.7. The van der Waals surface area contributed by atoms with Gasteiger partial charge in [-0.3, -0.25) is 0 Å². The van der Waals surface area contributed by atoms with Gasteiger partial charge in [0.25, 0.3) is 0 Å². The van der Waals surface area contributed by atoms with E-state index in [1.165, 1.54) is 0 Å². The molecule has 10 radical (unpaired) electrons. The summed E-state index contributed by atoms with van der Waals surface area (Å²) in [5.41, 5.74) is 5.38. The van der Waals surface area contributed by atoms with Gasteiger partial charge >= 0.3 is 17.1 Å². The van der Waals surface area contributed by atoms with Gasteiger partial charge in [0, 0.05) is 21.5 Å². The van der Waals surface area contributed by atoms with Gasteiger partial charge < -0.3 is 16.8 Å². The van der Waals surface area contributed by atoms with Gasteiger partial charge in [0.05, 0.1) is 29.2 Å². The molecular weight excluding hydrogens is 1100 g/mol. The van der Waals surface area contributed by atoms with Crippen LogP contribution in [0.3, 0.4) is 0 Å². The van der Waals surface area contributed by atoms with Crippen LogP contribution < -0.4 is 0 Å². The Morgan fingerprint density at radius 1 is 0.328 bits per heavy atom. The maximum Gasteiger partial charge on any atom is 2.00 e. The van der Waals surface area contributed by atoms with Crippen LogP contribution in [0.15, 0.2) is 156 Å². The molecule has 2 aliphatic rings. The van der Waals surface area contributed by atoms with E-state index >= 15 is 0 Å². The molecule has 2 saturated carbocycles. The summed E-state index contributed by atoms with van der Waals surface area (Å²) < 4.78 is 30.1. The summed E-state index contributed by atoms with van der Waals surface area (Å²) in [5, 5.41) is 13.4. The Balaban J connectivity index is 0.000000144. The molecule has 0 amide bonds. The van der Waals surface area contributed by atoms with Gasteiger partial charge in [0.2, 0.25) is 16.0 Å². The average Bonchev–Trinajstić information content (AvgIpc) is 3.94. The second kappa shape index (κ2) is 17.5. The van der Waals surface area contributed by atoms with Crippen LogP contribution in [0.2, 0.25) is 0 Å². The van der Waals surface area contributed by atoms with Crippen LogP contribution in [0.4, 0.5) is 0 Å². The minimum atomic E-state index is -1.33. The number of hydrogen-bond acceptors (Lipinski definition) is 4.